The summed E-state index contributed by atoms with van der Waals surface area (Å²) in [6.45, 7) is 0. The van der Waals surface area contributed by atoms with Crippen LogP contribution in [0.15, 0.2) is 17.6 Å². The second-order valence-electron chi connectivity index (χ2n) is 2.56. The second kappa shape index (κ2) is 3.55. The molecule has 0 fully saturated rings. The molecule has 1 aromatic heterocycles. The number of rotatable bonds is 1. The van der Waals surface area contributed by atoms with E-state index in [1.807, 2.05) is 18.5 Å². The molecule has 0 saturated carbocycles. The summed E-state index contributed by atoms with van der Waals surface area (Å²) >= 11 is 7.53. The first-order chi connectivity index (χ1) is 6.31. The van der Waals surface area contributed by atoms with Crippen molar-refractivity contribution in [3.8, 4) is 0 Å². The molecule has 2 rings (SSSR count). The number of hydrogen-bond acceptors (Lipinski definition) is 4. The van der Waals surface area contributed by atoms with Gasteiger partial charge in [-0.1, -0.05) is 23.4 Å². The van der Waals surface area contributed by atoms with Gasteiger partial charge in [0.05, 0.1) is 5.69 Å². The molecule has 5 heteroatoms. The van der Waals surface area contributed by atoms with E-state index in [-0.39, 0.29) is 5.50 Å². The largest absolute Gasteiger partial charge is 0.370 e. The van der Waals surface area contributed by atoms with Crippen molar-refractivity contribution in [3.63, 3.8) is 0 Å². The SMILES string of the molecule is CSc1ncc2c(n1)C(Cl)NC=C2. The van der Waals surface area contributed by atoms with Crippen LogP contribution in [0.2, 0.25) is 0 Å². The lowest BCUT2D eigenvalue weighted by molar-refractivity contribution is 0.755. The molecule has 1 atom stereocenters. The van der Waals surface area contributed by atoms with Crippen molar-refractivity contribution in [3.05, 3.63) is 23.7 Å². The zero-order valence-corrected chi connectivity index (χ0v) is 8.56. The van der Waals surface area contributed by atoms with Gasteiger partial charge in [-0.2, -0.15) is 0 Å². The fourth-order valence-electron chi connectivity index (χ4n) is 1.12. The average molecular weight is 214 g/mol. The summed E-state index contributed by atoms with van der Waals surface area (Å²) in [5, 5.41) is 3.73. The third-order valence-electron chi connectivity index (χ3n) is 1.75. The van der Waals surface area contributed by atoms with Gasteiger partial charge in [0.15, 0.2) is 5.16 Å². The third-order valence-corrected chi connectivity index (χ3v) is 2.65. The second-order valence-corrected chi connectivity index (χ2v) is 3.77. The molecule has 1 unspecified atom stereocenters. The molecular formula is C8H8ClN3S. The van der Waals surface area contributed by atoms with Crippen LogP contribution in [0.1, 0.15) is 16.8 Å². The summed E-state index contributed by atoms with van der Waals surface area (Å²) in [6, 6.07) is 0. The number of nitrogens with zero attached hydrogens (tertiary/aromatic N) is 2. The van der Waals surface area contributed by atoms with E-state index in [4.69, 9.17) is 11.6 Å². The molecule has 0 radical (unpaired) electrons. The van der Waals surface area contributed by atoms with Crippen molar-refractivity contribution in [2.45, 2.75) is 10.7 Å². The molecule has 0 bridgehead atoms. The molecule has 0 amide bonds. The van der Waals surface area contributed by atoms with Gasteiger partial charge >= 0.3 is 0 Å². The van der Waals surface area contributed by atoms with E-state index in [1.165, 1.54) is 11.8 Å². The minimum Gasteiger partial charge on any atom is -0.370 e. The molecule has 0 saturated heterocycles. The Morgan fingerprint density at radius 1 is 1.62 bits per heavy atom. The van der Waals surface area contributed by atoms with Gasteiger partial charge < -0.3 is 5.32 Å². The van der Waals surface area contributed by atoms with Crippen molar-refractivity contribution in [1.82, 2.24) is 15.3 Å². The highest BCUT2D eigenvalue weighted by Crippen LogP contribution is 2.25. The fraction of sp³-hybridized carbons (Fsp3) is 0.250. The van der Waals surface area contributed by atoms with Crippen LogP contribution in [0, 0.1) is 0 Å². The fourth-order valence-corrected chi connectivity index (χ4v) is 1.71. The molecule has 2 heterocycles. The van der Waals surface area contributed by atoms with E-state index in [0.29, 0.717) is 0 Å². The maximum absolute atomic E-state index is 6.01. The Kier molecular flexibility index (Phi) is 2.42. The average Bonchev–Trinajstić information content (AvgIpc) is 2.18. The summed E-state index contributed by atoms with van der Waals surface area (Å²) in [6.07, 6.45) is 7.46. The Bertz CT molecular complexity index is 353. The van der Waals surface area contributed by atoms with E-state index < -0.39 is 0 Å². The van der Waals surface area contributed by atoms with Gasteiger partial charge in [-0.25, -0.2) is 9.97 Å². The lowest BCUT2D eigenvalue weighted by Crippen LogP contribution is -2.16. The third kappa shape index (κ3) is 1.64. The number of fused-ring (bicyclic) bond motifs is 1. The Morgan fingerprint density at radius 3 is 3.23 bits per heavy atom. The highest BCUT2D eigenvalue weighted by molar-refractivity contribution is 7.98. The van der Waals surface area contributed by atoms with Crippen molar-refractivity contribution in [1.29, 1.82) is 0 Å². The summed E-state index contributed by atoms with van der Waals surface area (Å²) in [5.74, 6) is 0. The molecule has 1 aliphatic heterocycles. The number of hydrogen-bond donors (Lipinski definition) is 1. The quantitative estimate of drug-likeness (QED) is 0.335. The molecular weight excluding hydrogens is 206 g/mol. The first kappa shape index (κ1) is 8.84. The maximum Gasteiger partial charge on any atom is 0.187 e. The number of alkyl halides is 1. The van der Waals surface area contributed by atoms with Crippen molar-refractivity contribution in [2.24, 2.45) is 0 Å². The lowest BCUT2D eigenvalue weighted by atomic mass is 10.2. The smallest absolute Gasteiger partial charge is 0.187 e. The van der Waals surface area contributed by atoms with Crippen LogP contribution in [0.25, 0.3) is 6.08 Å². The van der Waals surface area contributed by atoms with E-state index in [2.05, 4.69) is 15.3 Å². The standard InChI is InChI=1S/C8H8ClN3S/c1-13-8-11-4-5-2-3-10-7(9)6(5)12-8/h2-4,7,10H,1H3. The summed E-state index contributed by atoms with van der Waals surface area (Å²) in [4.78, 5) is 8.48. The first-order valence-electron chi connectivity index (χ1n) is 3.79. The van der Waals surface area contributed by atoms with Crippen LogP contribution in [0.3, 0.4) is 0 Å². The highest BCUT2D eigenvalue weighted by atomic mass is 35.5. The zero-order valence-electron chi connectivity index (χ0n) is 6.99. The van der Waals surface area contributed by atoms with E-state index >= 15 is 0 Å². The zero-order chi connectivity index (χ0) is 9.26. The molecule has 0 spiro atoms. The monoisotopic (exact) mass is 213 g/mol. The van der Waals surface area contributed by atoms with Crippen LogP contribution in [0.5, 0.6) is 0 Å². The number of aromatic nitrogens is 2. The minimum absolute atomic E-state index is 0.242. The predicted molar refractivity (Wildman–Crippen MR) is 54.6 cm³/mol. The molecule has 1 aliphatic rings. The molecule has 3 nitrogen and oxygen atoms in total. The van der Waals surface area contributed by atoms with Crippen LogP contribution >= 0.6 is 23.4 Å². The first-order valence-corrected chi connectivity index (χ1v) is 5.45. The Labute approximate surface area is 85.6 Å². The van der Waals surface area contributed by atoms with E-state index in [0.717, 1.165) is 16.4 Å². The topological polar surface area (TPSA) is 37.8 Å². The Balaban J connectivity index is 2.48. The number of nitrogens with one attached hydrogen (secondary N) is 1. The number of thioether (sulfide) groups is 1. The van der Waals surface area contributed by atoms with Gasteiger partial charge in [-0.3, -0.25) is 0 Å². The summed E-state index contributed by atoms with van der Waals surface area (Å²) in [5.41, 5.74) is 1.59. The Morgan fingerprint density at radius 2 is 2.46 bits per heavy atom. The van der Waals surface area contributed by atoms with E-state index in [1.54, 1.807) is 6.20 Å². The van der Waals surface area contributed by atoms with Crippen LogP contribution < -0.4 is 5.32 Å². The van der Waals surface area contributed by atoms with Crippen molar-refractivity contribution < 1.29 is 0 Å². The van der Waals surface area contributed by atoms with Crippen LogP contribution in [0.4, 0.5) is 0 Å². The van der Waals surface area contributed by atoms with Gasteiger partial charge in [0.25, 0.3) is 0 Å². The highest BCUT2D eigenvalue weighted by Gasteiger charge is 2.16. The van der Waals surface area contributed by atoms with Gasteiger partial charge in [-0.05, 0) is 18.5 Å². The predicted octanol–water partition coefficient (Wildman–Crippen LogP) is 2.01. The lowest BCUT2D eigenvalue weighted by Gasteiger charge is -2.16. The Hall–Kier alpha value is -0.740. The van der Waals surface area contributed by atoms with Crippen molar-refractivity contribution in [2.75, 3.05) is 6.26 Å². The van der Waals surface area contributed by atoms with Gasteiger partial charge in [0, 0.05) is 11.8 Å². The van der Waals surface area contributed by atoms with Gasteiger partial charge in [-0.15, -0.1) is 0 Å². The summed E-state index contributed by atoms with van der Waals surface area (Å²) in [7, 11) is 0. The molecule has 13 heavy (non-hydrogen) atoms. The molecule has 1 aromatic rings. The molecule has 0 aliphatic carbocycles. The normalized spacial score (nSPS) is 19.4. The molecule has 68 valence electrons. The van der Waals surface area contributed by atoms with E-state index in [9.17, 15) is 0 Å². The van der Waals surface area contributed by atoms with Gasteiger partial charge in [0.2, 0.25) is 0 Å². The van der Waals surface area contributed by atoms with Crippen LogP contribution in [-0.2, 0) is 0 Å². The van der Waals surface area contributed by atoms with Gasteiger partial charge in [0.1, 0.15) is 5.50 Å². The minimum atomic E-state index is -0.242. The van der Waals surface area contributed by atoms with Crippen molar-refractivity contribution >= 4 is 29.4 Å². The summed E-state index contributed by atoms with van der Waals surface area (Å²) < 4.78 is 0. The number of halogens is 1. The molecule has 0 aromatic carbocycles. The maximum atomic E-state index is 6.01. The molecule has 1 N–H and O–H groups in total. The van der Waals surface area contributed by atoms with Crippen LogP contribution in [-0.4, -0.2) is 16.2 Å².